The van der Waals surface area contributed by atoms with Crippen molar-refractivity contribution in [3.8, 4) is 11.8 Å². The lowest BCUT2D eigenvalue weighted by Gasteiger charge is -2.46. The van der Waals surface area contributed by atoms with Crippen molar-refractivity contribution in [1.29, 1.82) is 0 Å². The van der Waals surface area contributed by atoms with Gasteiger partial charge in [0.15, 0.2) is 5.60 Å². The summed E-state index contributed by atoms with van der Waals surface area (Å²) in [5.74, 6) is -2.61. The number of nitrogens with two attached hydrogens (primary N) is 1. The zero-order valence-corrected chi connectivity index (χ0v) is 21.1. The largest absolute Gasteiger partial charge is 0.377 e. The number of primary amides is 1. The van der Waals surface area contributed by atoms with Crippen molar-refractivity contribution in [1.82, 2.24) is 20.2 Å². The fourth-order valence-corrected chi connectivity index (χ4v) is 4.65. The summed E-state index contributed by atoms with van der Waals surface area (Å²) in [4.78, 5) is 11.3. The smallest absolute Gasteiger partial charge is 0.289 e. The van der Waals surface area contributed by atoms with Gasteiger partial charge in [0.2, 0.25) is 5.91 Å². The van der Waals surface area contributed by atoms with Crippen LogP contribution in [0.15, 0.2) is 72.6 Å². The van der Waals surface area contributed by atoms with Crippen LogP contribution in [0, 0.1) is 34.8 Å². The van der Waals surface area contributed by atoms with Crippen LogP contribution in [-0.4, -0.2) is 37.1 Å². The van der Waals surface area contributed by atoms with Crippen molar-refractivity contribution in [3.05, 3.63) is 101 Å². The zero-order valence-electron chi connectivity index (χ0n) is 21.1. The normalized spacial score (nSPS) is 20.5. The highest BCUT2D eigenvalue weighted by Gasteiger charge is 2.63. The number of halogens is 4. The molecule has 3 atom stereocenters. The van der Waals surface area contributed by atoms with Crippen LogP contribution in [0.4, 0.5) is 17.6 Å². The number of amides is 1. The molecule has 2 aromatic carbocycles. The van der Waals surface area contributed by atoms with Gasteiger partial charge >= 0.3 is 0 Å². The number of rotatable bonds is 7. The SMILES string of the molecule is CCC1(C)C=C(C#Cc2ccc(C(N)=O)cc2)C=CC1C(F)(F)C(O)(Cn1cnnn1)c1ccc(F)cc1F. The molecular weight excluding hydrogens is 514 g/mol. The fraction of sp³-hybridized carbons (Fsp3) is 0.286. The first-order valence-electron chi connectivity index (χ1n) is 12.0. The van der Waals surface area contributed by atoms with E-state index >= 15 is 8.78 Å². The third kappa shape index (κ3) is 5.33. The molecule has 0 spiro atoms. The van der Waals surface area contributed by atoms with Gasteiger partial charge in [0.25, 0.3) is 5.92 Å². The van der Waals surface area contributed by atoms with E-state index in [1.165, 1.54) is 24.3 Å². The van der Waals surface area contributed by atoms with Gasteiger partial charge in [0.1, 0.15) is 18.0 Å². The van der Waals surface area contributed by atoms with Crippen LogP contribution in [0.3, 0.4) is 0 Å². The molecule has 1 aliphatic rings. The molecule has 0 radical (unpaired) electrons. The van der Waals surface area contributed by atoms with Crippen LogP contribution in [0.25, 0.3) is 0 Å². The van der Waals surface area contributed by atoms with Crippen molar-refractivity contribution in [2.75, 3.05) is 0 Å². The van der Waals surface area contributed by atoms with E-state index in [-0.39, 0.29) is 6.42 Å². The number of tetrazole rings is 1. The molecule has 1 heterocycles. The Morgan fingerprint density at radius 2 is 1.90 bits per heavy atom. The molecule has 11 heteroatoms. The van der Waals surface area contributed by atoms with Gasteiger partial charge in [0.05, 0.1) is 12.5 Å². The lowest BCUT2D eigenvalue weighted by atomic mass is 9.64. The van der Waals surface area contributed by atoms with Crippen molar-refractivity contribution in [2.45, 2.75) is 38.3 Å². The standard InChI is InChI=1S/C28H25F4N5O2/c1-3-26(2)15-19(5-4-18-6-9-20(10-7-18)25(33)38)8-13-24(26)28(31,32)27(39,16-37-17-34-35-36-37)22-12-11-21(29)14-23(22)30/h6-15,17,24,39H,3,16H2,1-2H3,(H2,33,38). The van der Waals surface area contributed by atoms with E-state index in [4.69, 9.17) is 5.73 Å². The molecule has 202 valence electrons. The molecule has 1 aromatic heterocycles. The van der Waals surface area contributed by atoms with E-state index in [0.29, 0.717) is 22.8 Å². The van der Waals surface area contributed by atoms with E-state index in [2.05, 4.69) is 27.4 Å². The average Bonchev–Trinajstić information content (AvgIpc) is 3.40. The van der Waals surface area contributed by atoms with Crippen LogP contribution in [-0.2, 0) is 12.1 Å². The second-order valence-electron chi connectivity index (χ2n) is 9.60. The maximum atomic E-state index is 16.5. The number of benzene rings is 2. The highest BCUT2D eigenvalue weighted by Crippen LogP contribution is 2.54. The molecule has 3 N–H and O–H groups in total. The van der Waals surface area contributed by atoms with E-state index < -0.39 is 52.5 Å². The third-order valence-corrected chi connectivity index (χ3v) is 7.05. The lowest BCUT2D eigenvalue weighted by Crippen LogP contribution is -2.56. The van der Waals surface area contributed by atoms with Crippen LogP contribution < -0.4 is 5.73 Å². The molecule has 0 fully saturated rings. The van der Waals surface area contributed by atoms with E-state index in [9.17, 15) is 18.7 Å². The zero-order chi connectivity index (χ0) is 28.4. The molecule has 0 bridgehead atoms. The molecular formula is C28H25F4N5O2. The first-order valence-corrected chi connectivity index (χ1v) is 12.0. The van der Waals surface area contributed by atoms with Crippen molar-refractivity contribution in [3.63, 3.8) is 0 Å². The van der Waals surface area contributed by atoms with Crippen LogP contribution in [0.2, 0.25) is 0 Å². The minimum absolute atomic E-state index is 0.225. The molecule has 4 rings (SSSR count). The van der Waals surface area contributed by atoms with E-state index in [0.717, 1.165) is 23.1 Å². The van der Waals surface area contributed by atoms with Gasteiger partial charge in [-0.2, -0.15) is 0 Å². The molecule has 0 saturated carbocycles. The highest BCUT2D eigenvalue weighted by atomic mass is 19.3. The van der Waals surface area contributed by atoms with Crippen LogP contribution in [0.1, 0.15) is 41.8 Å². The number of hydrogen-bond donors (Lipinski definition) is 2. The predicted octanol–water partition coefficient (Wildman–Crippen LogP) is 4.15. The van der Waals surface area contributed by atoms with Gasteiger partial charge in [0, 0.05) is 28.3 Å². The minimum atomic E-state index is -3.99. The summed E-state index contributed by atoms with van der Waals surface area (Å²) in [6.07, 6.45) is 5.49. The molecule has 7 nitrogen and oxygen atoms in total. The monoisotopic (exact) mass is 539 g/mol. The Hall–Kier alpha value is -4.30. The quantitative estimate of drug-likeness (QED) is 0.347. The molecule has 3 unspecified atom stereocenters. The number of allylic oxidation sites excluding steroid dienone is 4. The van der Waals surface area contributed by atoms with Crippen LogP contribution in [0.5, 0.6) is 0 Å². The summed E-state index contributed by atoms with van der Waals surface area (Å²) in [6, 6.07) is 8.34. The number of alkyl halides is 2. The fourth-order valence-electron chi connectivity index (χ4n) is 4.65. The first kappa shape index (κ1) is 27.7. The Morgan fingerprint density at radius 1 is 1.18 bits per heavy atom. The van der Waals surface area contributed by atoms with Gasteiger partial charge in [-0.15, -0.1) is 5.10 Å². The van der Waals surface area contributed by atoms with Crippen molar-refractivity contribution in [2.24, 2.45) is 17.1 Å². The highest BCUT2D eigenvalue weighted by molar-refractivity contribution is 5.92. The maximum Gasteiger partial charge on any atom is 0.289 e. The summed E-state index contributed by atoms with van der Waals surface area (Å²) in [5, 5.41) is 21.9. The second kappa shape index (κ2) is 10.5. The topological polar surface area (TPSA) is 107 Å². The number of carbonyl (C=O) groups excluding carboxylic acids is 1. The number of aliphatic hydroxyl groups is 1. The Morgan fingerprint density at radius 3 is 2.49 bits per heavy atom. The van der Waals surface area contributed by atoms with Gasteiger partial charge in [-0.25, -0.2) is 22.2 Å². The summed E-state index contributed by atoms with van der Waals surface area (Å²) in [7, 11) is 0. The number of nitrogens with zero attached hydrogens (tertiary/aromatic N) is 4. The number of carbonyl (C=O) groups is 1. The van der Waals surface area contributed by atoms with E-state index in [1.807, 2.05) is 0 Å². The lowest BCUT2D eigenvalue weighted by molar-refractivity contribution is -0.232. The molecule has 3 aromatic rings. The predicted molar refractivity (Wildman–Crippen MR) is 134 cm³/mol. The maximum absolute atomic E-state index is 16.5. The Labute approximate surface area is 222 Å². The molecule has 0 saturated heterocycles. The molecule has 1 amide bonds. The Bertz CT molecular complexity index is 1490. The van der Waals surface area contributed by atoms with Gasteiger partial charge in [-0.3, -0.25) is 4.79 Å². The number of aromatic nitrogens is 4. The summed E-state index contributed by atoms with van der Waals surface area (Å²) in [6.45, 7) is 2.42. The molecule has 0 aliphatic heterocycles. The second-order valence-corrected chi connectivity index (χ2v) is 9.60. The average molecular weight is 540 g/mol. The Balaban J connectivity index is 1.72. The van der Waals surface area contributed by atoms with E-state index in [1.54, 1.807) is 32.1 Å². The Kier molecular flexibility index (Phi) is 7.44. The van der Waals surface area contributed by atoms with Crippen LogP contribution >= 0.6 is 0 Å². The molecule has 39 heavy (non-hydrogen) atoms. The summed E-state index contributed by atoms with van der Waals surface area (Å²) in [5.41, 5.74) is 1.47. The number of hydrogen-bond acceptors (Lipinski definition) is 5. The van der Waals surface area contributed by atoms with Crippen molar-refractivity contribution >= 4 is 5.91 Å². The minimum Gasteiger partial charge on any atom is -0.377 e. The third-order valence-electron chi connectivity index (χ3n) is 7.05. The summed E-state index contributed by atoms with van der Waals surface area (Å²) >= 11 is 0. The van der Waals surface area contributed by atoms with Gasteiger partial charge in [-0.1, -0.05) is 43.9 Å². The first-order chi connectivity index (χ1) is 18.4. The van der Waals surface area contributed by atoms with Crippen molar-refractivity contribution < 1.29 is 27.5 Å². The van der Waals surface area contributed by atoms with Gasteiger partial charge in [-0.05, 0) is 58.7 Å². The van der Waals surface area contributed by atoms with Gasteiger partial charge < -0.3 is 10.8 Å². The summed E-state index contributed by atoms with van der Waals surface area (Å²) < 4.78 is 62.4. The molecule has 1 aliphatic carbocycles.